The van der Waals surface area contributed by atoms with Gasteiger partial charge in [-0.05, 0) is 47.6 Å². The fourth-order valence-electron chi connectivity index (χ4n) is 4.73. The quantitative estimate of drug-likeness (QED) is 0.755. The molecule has 31 heavy (non-hydrogen) atoms. The molecule has 6 nitrogen and oxygen atoms in total. The lowest BCUT2D eigenvalue weighted by atomic mass is 9.91. The number of carbonyl (C=O) groups is 3. The Bertz CT molecular complexity index is 1010. The Morgan fingerprint density at radius 2 is 1.55 bits per heavy atom. The molecule has 0 aromatic heterocycles. The Kier molecular flexibility index (Phi) is 5.92. The van der Waals surface area contributed by atoms with Crippen molar-refractivity contribution in [1.29, 1.82) is 0 Å². The van der Waals surface area contributed by atoms with E-state index in [1.165, 1.54) is 25.1 Å². The van der Waals surface area contributed by atoms with Crippen molar-refractivity contribution in [3.8, 4) is 0 Å². The van der Waals surface area contributed by atoms with Crippen LogP contribution in [0.15, 0.2) is 42.5 Å². The summed E-state index contributed by atoms with van der Waals surface area (Å²) >= 11 is 0. The van der Waals surface area contributed by atoms with Crippen molar-refractivity contribution in [1.82, 2.24) is 15.1 Å². The molecule has 2 aromatic rings. The van der Waals surface area contributed by atoms with Crippen LogP contribution < -0.4 is 5.32 Å². The predicted molar refractivity (Wildman–Crippen MR) is 119 cm³/mol. The fourth-order valence-corrected chi connectivity index (χ4v) is 4.73. The third-order valence-electron chi connectivity index (χ3n) is 6.18. The van der Waals surface area contributed by atoms with Gasteiger partial charge in [0.25, 0.3) is 17.7 Å². The van der Waals surface area contributed by atoms with Crippen LogP contribution in [0.5, 0.6) is 0 Å². The number of nitrogens with zero attached hydrogens (tertiary/aromatic N) is 2. The largest absolute Gasteiger partial charge is 0.348 e. The van der Waals surface area contributed by atoms with E-state index >= 15 is 0 Å². The van der Waals surface area contributed by atoms with Crippen molar-refractivity contribution in [2.24, 2.45) is 11.8 Å². The molecule has 0 saturated carbocycles. The Labute approximate surface area is 183 Å². The molecule has 3 amide bonds. The highest BCUT2D eigenvalue weighted by Gasteiger charge is 2.33. The van der Waals surface area contributed by atoms with Crippen molar-refractivity contribution < 1.29 is 14.4 Å². The van der Waals surface area contributed by atoms with Crippen LogP contribution in [0.2, 0.25) is 0 Å². The number of carbonyl (C=O) groups excluding carboxylic acids is 3. The van der Waals surface area contributed by atoms with Crippen LogP contribution in [0.4, 0.5) is 0 Å². The maximum absolute atomic E-state index is 12.6. The Balaban J connectivity index is 1.34. The average molecular weight is 420 g/mol. The van der Waals surface area contributed by atoms with E-state index in [4.69, 9.17) is 0 Å². The van der Waals surface area contributed by atoms with Gasteiger partial charge in [0, 0.05) is 38.8 Å². The van der Waals surface area contributed by atoms with Gasteiger partial charge in [-0.15, -0.1) is 0 Å². The van der Waals surface area contributed by atoms with Gasteiger partial charge < -0.3 is 5.32 Å². The lowest BCUT2D eigenvalue weighted by Crippen LogP contribution is -2.38. The number of rotatable bonds is 5. The molecule has 2 heterocycles. The zero-order valence-corrected chi connectivity index (χ0v) is 18.4. The van der Waals surface area contributed by atoms with Crippen LogP contribution in [-0.4, -0.2) is 47.7 Å². The summed E-state index contributed by atoms with van der Waals surface area (Å²) in [4.78, 5) is 40.3. The van der Waals surface area contributed by atoms with Crippen molar-refractivity contribution in [3.05, 3.63) is 70.3 Å². The summed E-state index contributed by atoms with van der Waals surface area (Å²) < 4.78 is 0. The molecular weight excluding hydrogens is 390 g/mol. The maximum Gasteiger partial charge on any atom is 0.261 e. The number of likely N-dealkylation sites (tertiary alicyclic amines) is 1. The summed E-state index contributed by atoms with van der Waals surface area (Å²) in [5.41, 5.74) is 3.30. The molecule has 2 aromatic carbocycles. The molecule has 1 saturated heterocycles. The molecule has 0 bridgehead atoms. The van der Waals surface area contributed by atoms with Gasteiger partial charge in [-0.3, -0.25) is 24.2 Å². The van der Waals surface area contributed by atoms with Gasteiger partial charge in [0.2, 0.25) is 0 Å². The molecule has 6 heteroatoms. The Morgan fingerprint density at radius 1 is 0.935 bits per heavy atom. The second kappa shape index (κ2) is 8.63. The summed E-state index contributed by atoms with van der Waals surface area (Å²) in [6.07, 6.45) is 1.31. The molecule has 2 atom stereocenters. The molecule has 0 spiro atoms. The molecule has 4 rings (SSSR count). The molecule has 0 aliphatic carbocycles. The summed E-state index contributed by atoms with van der Waals surface area (Å²) in [7, 11) is 1.44. The number of hydrogen-bond acceptors (Lipinski definition) is 4. The highest BCUT2D eigenvalue weighted by Crippen LogP contribution is 2.24. The van der Waals surface area contributed by atoms with E-state index in [1.807, 2.05) is 12.1 Å². The second-order valence-corrected chi connectivity index (χ2v) is 9.07. The highest BCUT2D eigenvalue weighted by atomic mass is 16.2. The van der Waals surface area contributed by atoms with Gasteiger partial charge in [-0.25, -0.2) is 0 Å². The molecule has 1 fully saturated rings. The number of benzene rings is 2. The SMILES string of the molecule is CC1CC(C)CN(Cc2ccc(CNC(=O)c3ccc4c(c3)C(=O)N(C)C4=O)cc2)C1. The normalized spacial score (nSPS) is 21.3. The van der Waals surface area contributed by atoms with Crippen LogP contribution in [-0.2, 0) is 13.1 Å². The summed E-state index contributed by atoms with van der Waals surface area (Å²) in [6.45, 7) is 8.29. The molecule has 1 N–H and O–H groups in total. The number of fused-ring (bicyclic) bond motifs is 1. The minimum absolute atomic E-state index is 0.266. The average Bonchev–Trinajstić information content (AvgIpc) is 2.96. The van der Waals surface area contributed by atoms with Gasteiger partial charge in [-0.1, -0.05) is 38.1 Å². The first-order valence-electron chi connectivity index (χ1n) is 10.9. The molecule has 2 aliphatic rings. The fraction of sp³-hybridized carbons (Fsp3) is 0.400. The minimum atomic E-state index is -0.372. The lowest BCUT2D eigenvalue weighted by Gasteiger charge is -2.35. The van der Waals surface area contributed by atoms with E-state index < -0.39 is 0 Å². The van der Waals surface area contributed by atoms with Gasteiger partial charge in [0.1, 0.15) is 0 Å². The third kappa shape index (κ3) is 4.54. The van der Waals surface area contributed by atoms with Crippen LogP contribution in [0.3, 0.4) is 0 Å². The highest BCUT2D eigenvalue weighted by molar-refractivity contribution is 6.21. The van der Waals surface area contributed by atoms with Crippen LogP contribution in [0.25, 0.3) is 0 Å². The summed E-state index contributed by atoms with van der Waals surface area (Å²) in [6, 6.07) is 13.0. The van der Waals surface area contributed by atoms with E-state index in [-0.39, 0.29) is 23.3 Å². The molecule has 162 valence electrons. The number of piperidine rings is 1. The zero-order valence-electron chi connectivity index (χ0n) is 18.4. The standard InChI is InChI=1S/C25H29N3O3/c1-16-10-17(2)14-28(13-16)15-19-6-4-18(5-7-19)12-26-23(29)20-8-9-21-22(11-20)25(31)27(3)24(21)30/h4-9,11,16-17H,10,12-15H2,1-3H3,(H,26,29). The number of imide groups is 1. The maximum atomic E-state index is 12.6. The first-order chi connectivity index (χ1) is 14.8. The van der Waals surface area contributed by atoms with E-state index in [9.17, 15) is 14.4 Å². The second-order valence-electron chi connectivity index (χ2n) is 9.07. The topological polar surface area (TPSA) is 69.7 Å². The monoisotopic (exact) mass is 419 g/mol. The third-order valence-corrected chi connectivity index (χ3v) is 6.18. The van der Waals surface area contributed by atoms with E-state index in [1.54, 1.807) is 12.1 Å². The Hall–Kier alpha value is -2.99. The van der Waals surface area contributed by atoms with Crippen molar-refractivity contribution in [2.75, 3.05) is 20.1 Å². The summed E-state index contributed by atoms with van der Waals surface area (Å²) in [5, 5.41) is 2.90. The molecule has 0 radical (unpaired) electrons. The van der Waals surface area contributed by atoms with Crippen molar-refractivity contribution >= 4 is 17.7 Å². The van der Waals surface area contributed by atoms with E-state index in [0.29, 0.717) is 17.7 Å². The van der Waals surface area contributed by atoms with E-state index in [0.717, 1.165) is 41.9 Å². The van der Waals surface area contributed by atoms with Gasteiger partial charge in [-0.2, -0.15) is 0 Å². The molecular formula is C25H29N3O3. The van der Waals surface area contributed by atoms with Crippen LogP contribution in [0.1, 0.15) is 62.5 Å². The van der Waals surface area contributed by atoms with Crippen molar-refractivity contribution in [2.45, 2.75) is 33.4 Å². The predicted octanol–water partition coefficient (Wildman–Crippen LogP) is 3.32. The number of amides is 3. The Morgan fingerprint density at radius 3 is 2.23 bits per heavy atom. The zero-order chi connectivity index (χ0) is 22.1. The van der Waals surface area contributed by atoms with Crippen molar-refractivity contribution in [3.63, 3.8) is 0 Å². The van der Waals surface area contributed by atoms with Crippen LogP contribution >= 0.6 is 0 Å². The molecule has 2 unspecified atom stereocenters. The summed E-state index contributed by atoms with van der Waals surface area (Å²) in [5.74, 6) is 0.513. The number of nitrogens with one attached hydrogen (secondary N) is 1. The minimum Gasteiger partial charge on any atom is -0.348 e. The van der Waals surface area contributed by atoms with E-state index in [2.05, 4.69) is 36.2 Å². The first kappa shape index (κ1) is 21.2. The number of hydrogen-bond donors (Lipinski definition) is 1. The van der Waals surface area contributed by atoms with Crippen LogP contribution in [0, 0.1) is 11.8 Å². The van der Waals surface area contributed by atoms with Gasteiger partial charge in [0.15, 0.2) is 0 Å². The first-order valence-corrected chi connectivity index (χ1v) is 10.9. The van der Waals surface area contributed by atoms with Gasteiger partial charge in [0.05, 0.1) is 11.1 Å². The van der Waals surface area contributed by atoms with Gasteiger partial charge >= 0.3 is 0 Å². The lowest BCUT2D eigenvalue weighted by molar-refractivity contribution is 0.0693. The molecule has 2 aliphatic heterocycles. The smallest absolute Gasteiger partial charge is 0.261 e.